The third-order valence-corrected chi connectivity index (χ3v) is 3.53. The summed E-state index contributed by atoms with van der Waals surface area (Å²) >= 11 is 5.97. The van der Waals surface area contributed by atoms with E-state index in [4.69, 9.17) is 11.6 Å². The van der Waals surface area contributed by atoms with Gasteiger partial charge in [-0.1, -0.05) is 20.8 Å². The summed E-state index contributed by atoms with van der Waals surface area (Å²) in [6, 6.07) is 2.00. The summed E-state index contributed by atoms with van der Waals surface area (Å²) in [5, 5.41) is 0. The molecule has 3 nitrogen and oxygen atoms in total. The van der Waals surface area contributed by atoms with Crippen molar-refractivity contribution in [3.8, 4) is 0 Å². The largest absolute Gasteiger partial charge is 0.326 e. The van der Waals surface area contributed by atoms with Crippen LogP contribution in [0.2, 0.25) is 0 Å². The van der Waals surface area contributed by atoms with Gasteiger partial charge in [0.1, 0.15) is 11.3 Å². The number of aromatic nitrogens is 3. The number of fused-ring (bicyclic) bond motifs is 1. The lowest BCUT2D eigenvalue weighted by Gasteiger charge is -2.24. The average molecular weight is 252 g/mol. The standard InChI is InChI=1S/C13H18ClN3/c1-4-13(2,3)9-17-11-5-6-15-8-10(11)16-12(17)7-14/h5-6,8H,4,7,9H2,1-3H3. The molecule has 0 atom stereocenters. The molecule has 0 aromatic carbocycles. The van der Waals surface area contributed by atoms with Gasteiger partial charge in [-0.2, -0.15) is 0 Å². The Hall–Kier alpha value is -1.09. The Morgan fingerprint density at radius 1 is 1.41 bits per heavy atom. The van der Waals surface area contributed by atoms with Crippen LogP contribution < -0.4 is 0 Å². The minimum absolute atomic E-state index is 0.248. The molecule has 0 aliphatic carbocycles. The number of hydrogen-bond acceptors (Lipinski definition) is 2. The Morgan fingerprint density at radius 2 is 2.18 bits per heavy atom. The van der Waals surface area contributed by atoms with Crippen molar-refractivity contribution in [3.63, 3.8) is 0 Å². The van der Waals surface area contributed by atoms with Gasteiger partial charge in [0.15, 0.2) is 0 Å². The highest BCUT2D eigenvalue weighted by Crippen LogP contribution is 2.26. The van der Waals surface area contributed by atoms with Crippen LogP contribution in [-0.2, 0) is 12.4 Å². The van der Waals surface area contributed by atoms with Crippen LogP contribution in [0.25, 0.3) is 11.0 Å². The maximum atomic E-state index is 5.97. The van der Waals surface area contributed by atoms with Crippen LogP contribution >= 0.6 is 11.6 Å². The number of rotatable bonds is 4. The lowest BCUT2D eigenvalue weighted by Crippen LogP contribution is -2.19. The van der Waals surface area contributed by atoms with Gasteiger partial charge in [-0.25, -0.2) is 4.98 Å². The summed E-state index contributed by atoms with van der Waals surface area (Å²) < 4.78 is 2.22. The van der Waals surface area contributed by atoms with Gasteiger partial charge in [0.2, 0.25) is 0 Å². The van der Waals surface area contributed by atoms with Gasteiger partial charge in [-0.05, 0) is 17.9 Å². The molecule has 0 aliphatic rings. The highest BCUT2D eigenvalue weighted by atomic mass is 35.5. The molecular formula is C13H18ClN3. The van der Waals surface area contributed by atoms with E-state index in [9.17, 15) is 0 Å². The normalized spacial score (nSPS) is 12.2. The van der Waals surface area contributed by atoms with Crippen molar-refractivity contribution in [2.75, 3.05) is 0 Å². The first-order chi connectivity index (χ1) is 8.07. The zero-order valence-corrected chi connectivity index (χ0v) is 11.3. The molecule has 2 heterocycles. The van der Waals surface area contributed by atoms with E-state index in [0.29, 0.717) is 5.88 Å². The molecule has 2 aromatic rings. The van der Waals surface area contributed by atoms with Crippen molar-refractivity contribution in [3.05, 3.63) is 24.3 Å². The quantitative estimate of drug-likeness (QED) is 0.778. The number of hydrogen-bond donors (Lipinski definition) is 0. The number of nitrogens with zero attached hydrogens (tertiary/aromatic N) is 3. The van der Waals surface area contributed by atoms with Gasteiger partial charge in [0.05, 0.1) is 17.6 Å². The second-order valence-corrected chi connectivity index (χ2v) is 5.40. The van der Waals surface area contributed by atoms with Gasteiger partial charge < -0.3 is 4.57 Å². The third kappa shape index (κ3) is 2.44. The number of imidazole rings is 1. The Balaban J connectivity index is 2.50. The van der Waals surface area contributed by atoms with Gasteiger partial charge in [0, 0.05) is 12.7 Å². The number of pyridine rings is 1. The molecule has 0 amide bonds. The minimum atomic E-state index is 0.248. The lowest BCUT2D eigenvalue weighted by molar-refractivity contribution is 0.295. The number of halogens is 1. The van der Waals surface area contributed by atoms with Crippen LogP contribution in [0.15, 0.2) is 18.5 Å². The SMILES string of the molecule is CCC(C)(C)Cn1c(CCl)nc2cnccc21. The van der Waals surface area contributed by atoms with Crippen molar-refractivity contribution >= 4 is 22.6 Å². The maximum Gasteiger partial charge on any atom is 0.124 e. The monoisotopic (exact) mass is 251 g/mol. The fourth-order valence-corrected chi connectivity index (χ4v) is 2.05. The summed E-state index contributed by atoms with van der Waals surface area (Å²) in [6.07, 6.45) is 4.72. The first kappa shape index (κ1) is 12.4. The first-order valence-electron chi connectivity index (χ1n) is 5.92. The van der Waals surface area contributed by atoms with E-state index >= 15 is 0 Å². The maximum absolute atomic E-state index is 5.97. The predicted octanol–water partition coefficient (Wildman–Crippen LogP) is 3.61. The predicted molar refractivity (Wildman–Crippen MR) is 71.2 cm³/mol. The van der Waals surface area contributed by atoms with Crippen molar-refractivity contribution in [2.45, 2.75) is 39.6 Å². The van der Waals surface area contributed by atoms with Crippen LogP contribution in [0.3, 0.4) is 0 Å². The Morgan fingerprint density at radius 3 is 2.82 bits per heavy atom. The van der Waals surface area contributed by atoms with E-state index < -0.39 is 0 Å². The molecule has 2 rings (SSSR count). The Labute approximate surface area is 107 Å². The average Bonchev–Trinajstić information content (AvgIpc) is 2.67. The van der Waals surface area contributed by atoms with Crippen LogP contribution in [-0.4, -0.2) is 14.5 Å². The molecule has 0 aliphatic heterocycles. The van der Waals surface area contributed by atoms with Crippen molar-refractivity contribution in [1.82, 2.24) is 14.5 Å². The van der Waals surface area contributed by atoms with Gasteiger partial charge >= 0.3 is 0 Å². The number of alkyl halides is 1. The molecule has 0 unspecified atom stereocenters. The fourth-order valence-electron chi connectivity index (χ4n) is 1.85. The Kier molecular flexibility index (Phi) is 3.38. The van der Waals surface area contributed by atoms with Crippen LogP contribution in [0.1, 0.15) is 33.0 Å². The summed E-state index contributed by atoms with van der Waals surface area (Å²) in [5.41, 5.74) is 2.30. The molecule has 17 heavy (non-hydrogen) atoms. The van der Waals surface area contributed by atoms with Crippen molar-refractivity contribution in [1.29, 1.82) is 0 Å². The Bertz CT molecular complexity index is 516. The van der Waals surface area contributed by atoms with Crippen LogP contribution in [0.5, 0.6) is 0 Å². The van der Waals surface area contributed by atoms with Crippen molar-refractivity contribution < 1.29 is 0 Å². The molecular weight excluding hydrogens is 234 g/mol. The minimum Gasteiger partial charge on any atom is -0.326 e. The summed E-state index contributed by atoms with van der Waals surface area (Å²) in [7, 11) is 0. The molecule has 92 valence electrons. The van der Waals surface area contributed by atoms with E-state index in [1.807, 2.05) is 6.07 Å². The second kappa shape index (κ2) is 4.65. The topological polar surface area (TPSA) is 30.7 Å². The molecule has 0 spiro atoms. The third-order valence-electron chi connectivity index (χ3n) is 3.29. The molecule has 0 fully saturated rings. The lowest BCUT2D eigenvalue weighted by atomic mass is 9.90. The van der Waals surface area contributed by atoms with E-state index in [0.717, 1.165) is 29.8 Å². The molecule has 0 radical (unpaired) electrons. The summed E-state index contributed by atoms with van der Waals surface area (Å²) in [4.78, 5) is 8.62. The van der Waals surface area contributed by atoms with E-state index in [1.54, 1.807) is 12.4 Å². The van der Waals surface area contributed by atoms with Crippen LogP contribution in [0.4, 0.5) is 0 Å². The van der Waals surface area contributed by atoms with Gasteiger partial charge in [-0.3, -0.25) is 4.98 Å². The highest BCUT2D eigenvalue weighted by Gasteiger charge is 2.19. The van der Waals surface area contributed by atoms with Crippen molar-refractivity contribution in [2.24, 2.45) is 5.41 Å². The zero-order valence-electron chi connectivity index (χ0n) is 10.6. The van der Waals surface area contributed by atoms with E-state index in [2.05, 4.69) is 35.3 Å². The molecule has 0 saturated heterocycles. The van der Waals surface area contributed by atoms with Gasteiger partial charge in [-0.15, -0.1) is 11.6 Å². The molecule has 4 heteroatoms. The molecule has 0 N–H and O–H groups in total. The van der Waals surface area contributed by atoms with Gasteiger partial charge in [0.25, 0.3) is 0 Å². The summed E-state index contributed by atoms with van der Waals surface area (Å²) in [6.45, 7) is 7.67. The molecule has 0 saturated carbocycles. The van der Waals surface area contributed by atoms with E-state index in [1.165, 1.54) is 0 Å². The second-order valence-electron chi connectivity index (χ2n) is 5.13. The van der Waals surface area contributed by atoms with E-state index in [-0.39, 0.29) is 5.41 Å². The van der Waals surface area contributed by atoms with Crippen LogP contribution in [0, 0.1) is 5.41 Å². The molecule has 0 bridgehead atoms. The zero-order chi connectivity index (χ0) is 12.5. The fraction of sp³-hybridized carbons (Fsp3) is 0.538. The summed E-state index contributed by atoms with van der Waals surface area (Å²) in [5.74, 6) is 1.37. The molecule has 2 aromatic heterocycles. The highest BCUT2D eigenvalue weighted by molar-refractivity contribution is 6.16. The first-order valence-corrected chi connectivity index (χ1v) is 6.46. The smallest absolute Gasteiger partial charge is 0.124 e.